The molecule has 2 heteroatoms. The lowest BCUT2D eigenvalue weighted by molar-refractivity contribution is 0.408. The van der Waals surface area contributed by atoms with Crippen molar-refractivity contribution in [1.82, 2.24) is 0 Å². The number of hydrogen-bond donors (Lipinski definition) is 2. The lowest BCUT2D eigenvalue weighted by atomic mass is 10.4. The predicted molar refractivity (Wildman–Crippen MR) is 29.7 cm³/mol. The third kappa shape index (κ3) is 1.87. The highest BCUT2D eigenvalue weighted by Gasteiger charge is 1.83. The maximum atomic E-state index is 8.50. The predicted octanol–water partition coefficient (Wildman–Crippen LogP) is 0.921. The Bertz CT molecular complexity index is 101. The van der Waals surface area contributed by atoms with E-state index in [1.54, 1.807) is 0 Å². The molecule has 0 atom stereocenters. The van der Waals surface area contributed by atoms with E-state index in [0.717, 1.165) is 0 Å². The maximum Gasteiger partial charge on any atom is 0.112 e. The van der Waals surface area contributed by atoms with Crippen LogP contribution in [0.4, 0.5) is 0 Å². The summed E-state index contributed by atoms with van der Waals surface area (Å²) in [5, 5.41) is 8.50. The molecule has 0 aromatic rings. The van der Waals surface area contributed by atoms with E-state index >= 15 is 0 Å². The second-order valence-corrected chi connectivity index (χ2v) is 1.24. The third-order valence-corrected chi connectivity index (χ3v) is 0.638. The molecule has 3 N–H and O–H groups in total. The Morgan fingerprint density at radius 2 is 2.29 bits per heavy atom. The molecule has 0 aromatic carbocycles. The Morgan fingerprint density at radius 3 is 2.29 bits per heavy atom. The molecule has 0 aromatic heterocycles. The summed E-state index contributed by atoms with van der Waals surface area (Å²) < 4.78 is 0. The molecule has 7 heavy (non-hydrogen) atoms. The minimum Gasteiger partial charge on any atom is -0.510 e. The van der Waals surface area contributed by atoms with Gasteiger partial charge >= 0.3 is 0 Å². The minimum absolute atomic E-state index is 0.120. The van der Waals surface area contributed by atoms with Crippen LogP contribution in [0.2, 0.25) is 0 Å². The van der Waals surface area contributed by atoms with E-state index in [1.807, 2.05) is 0 Å². The number of allylic oxidation sites excluding steroid dienone is 2. The molecule has 0 spiro atoms. The molecule has 0 rings (SSSR count). The number of nitrogens with two attached hydrogens (primary N) is 1. The van der Waals surface area contributed by atoms with Gasteiger partial charge in [-0.2, -0.15) is 0 Å². The van der Waals surface area contributed by atoms with Gasteiger partial charge in [-0.3, -0.25) is 0 Å². The van der Waals surface area contributed by atoms with Crippen molar-refractivity contribution in [3.05, 3.63) is 24.1 Å². The molecular formula is C5H9NO. The minimum atomic E-state index is 0.120. The van der Waals surface area contributed by atoms with Crippen LogP contribution in [0.15, 0.2) is 24.1 Å². The molecule has 0 fully saturated rings. The van der Waals surface area contributed by atoms with E-state index in [2.05, 4.69) is 6.58 Å². The van der Waals surface area contributed by atoms with Crippen molar-refractivity contribution in [2.24, 2.45) is 5.73 Å². The fourth-order valence-corrected chi connectivity index (χ4v) is 0.148. The van der Waals surface area contributed by atoms with Crippen molar-refractivity contribution >= 4 is 0 Å². The van der Waals surface area contributed by atoms with Gasteiger partial charge in [0.2, 0.25) is 0 Å². The second kappa shape index (κ2) is 2.29. The smallest absolute Gasteiger partial charge is 0.112 e. The molecule has 0 aliphatic rings. The van der Waals surface area contributed by atoms with Gasteiger partial charge in [0, 0.05) is 0 Å². The molecule has 2 nitrogen and oxygen atoms in total. The zero-order valence-corrected chi connectivity index (χ0v) is 4.31. The fourth-order valence-electron chi connectivity index (χ4n) is 0.148. The van der Waals surface area contributed by atoms with E-state index < -0.39 is 0 Å². The summed E-state index contributed by atoms with van der Waals surface area (Å²) in [6, 6.07) is 0. The van der Waals surface area contributed by atoms with E-state index in [4.69, 9.17) is 10.8 Å². The van der Waals surface area contributed by atoms with Crippen molar-refractivity contribution in [3.63, 3.8) is 0 Å². The first-order chi connectivity index (χ1) is 3.18. The Kier molecular flexibility index (Phi) is 1.99. The SMILES string of the molecule is C=C/C(N)=C(/C)O. The topological polar surface area (TPSA) is 46.2 Å². The average molecular weight is 99.1 g/mol. The van der Waals surface area contributed by atoms with Gasteiger partial charge in [0.1, 0.15) is 5.76 Å². The van der Waals surface area contributed by atoms with E-state index in [1.165, 1.54) is 13.0 Å². The standard InChI is InChI=1S/C5H9NO/c1-3-5(6)4(2)7/h3,7H,1,6H2,2H3/b5-4+. The molecule has 0 unspecified atom stereocenters. The molecule has 0 amide bonds. The maximum absolute atomic E-state index is 8.50. The lowest BCUT2D eigenvalue weighted by Crippen LogP contribution is -1.95. The first kappa shape index (κ1) is 6.08. The van der Waals surface area contributed by atoms with Crippen molar-refractivity contribution < 1.29 is 5.11 Å². The Balaban J connectivity index is 3.98. The van der Waals surface area contributed by atoms with E-state index in [-0.39, 0.29) is 5.76 Å². The molecule has 0 heterocycles. The molecule has 0 bridgehead atoms. The van der Waals surface area contributed by atoms with Crippen molar-refractivity contribution in [3.8, 4) is 0 Å². The Morgan fingerprint density at radius 1 is 1.86 bits per heavy atom. The van der Waals surface area contributed by atoms with Crippen LogP contribution in [0.3, 0.4) is 0 Å². The Hall–Kier alpha value is -0.920. The number of aliphatic hydroxyl groups is 1. The normalized spacial score (nSPS) is 12.7. The highest BCUT2D eigenvalue weighted by molar-refractivity contribution is 5.13. The van der Waals surface area contributed by atoms with Gasteiger partial charge in [-0.1, -0.05) is 6.58 Å². The van der Waals surface area contributed by atoms with Crippen molar-refractivity contribution in [1.29, 1.82) is 0 Å². The monoisotopic (exact) mass is 99.1 g/mol. The summed E-state index contributed by atoms with van der Waals surface area (Å²) in [5.41, 5.74) is 5.46. The summed E-state index contributed by atoms with van der Waals surface area (Å²) >= 11 is 0. The number of hydrogen-bond acceptors (Lipinski definition) is 2. The quantitative estimate of drug-likeness (QED) is 0.379. The van der Waals surface area contributed by atoms with Gasteiger partial charge < -0.3 is 10.8 Å². The zero-order valence-electron chi connectivity index (χ0n) is 4.31. The van der Waals surface area contributed by atoms with Gasteiger partial charge in [0.05, 0.1) is 5.70 Å². The van der Waals surface area contributed by atoms with Crippen LogP contribution in [-0.4, -0.2) is 5.11 Å². The molecule has 0 saturated heterocycles. The zero-order chi connectivity index (χ0) is 5.86. The lowest BCUT2D eigenvalue weighted by Gasteiger charge is -1.89. The van der Waals surface area contributed by atoms with Crippen LogP contribution < -0.4 is 5.73 Å². The fraction of sp³-hybridized carbons (Fsp3) is 0.200. The summed E-state index contributed by atoms with van der Waals surface area (Å²) in [6.07, 6.45) is 1.40. The highest BCUT2D eigenvalue weighted by Crippen LogP contribution is 1.90. The molecule has 0 aliphatic carbocycles. The molecule has 0 radical (unpaired) electrons. The van der Waals surface area contributed by atoms with Crippen LogP contribution in [0.5, 0.6) is 0 Å². The van der Waals surface area contributed by atoms with Crippen molar-refractivity contribution in [2.75, 3.05) is 0 Å². The van der Waals surface area contributed by atoms with E-state index in [9.17, 15) is 0 Å². The van der Waals surface area contributed by atoms with E-state index in [0.29, 0.717) is 5.70 Å². The van der Waals surface area contributed by atoms with Gasteiger partial charge in [-0.15, -0.1) is 0 Å². The first-order valence-electron chi connectivity index (χ1n) is 1.96. The largest absolute Gasteiger partial charge is 0.510 e. The summed E-state index contributed by atoms with van der Waals surface area (Å²) in [4.78, 5) is 0. The van der Waals surface area contributed by atoms with Crippen LogP contribution in [0.25, 0.3) is 0 Å². The second-order valence-electron chi connectivity index (χ2n) is 1.24. The first-order valence-corrected chi connectivity index (χ1v) is 1.96. The average Bonchev–Trinajstić information content (AvgIpc) is 1.65. The van der Waals surface area contributed by atoms with Crippen LogP contribution >= 0.6 is 0 Å². The van der Waals surface area contributed by atoms with Crippen molar-refractivity contribution in [2.45, 2.75) is 6.92 Å². The molecular weight excluding hydrogens is 90.1 g/mol. The number of rotatable bonds is 1. The Labute approximate surface area is 43.0 Å². The van der Waals surface area contributed by atoms with Gasteiger partial charge in [0.25, 0.3) is 0 Å². The van der Waals surface area contributed by atoms with Gasteiger partial charge in [0.15, 0.2) is 0 Å². The van der Waals surface area contributed by atoms with Gasteiger partial charge in [-0.25, -0.2) is 0 Å². The van der Waals surface area contributed by atoms with Crippen LogP contribution in [-0.2, 0) is 0 Å². The highest BCUT2D eigenvalue weighted by atomic mass is 16.3. The number of aliphatic hydroxyl groups excluding tert-OH is 1. The molecule has 0 aliphatic heterocycles. The summed E-state index contributed by atoms with van der Waals surface area (Å²) in [5.74, 6) is 0.120. The summed E-state index contributed by atoms with van der Waals surface area (Å²) in [7, 11) is 0. The molecule has 40 valence electrons. The molecule has 0 saturated carbocycles. The third-order valence-electron chi connectivity index (χ3n) is 0.638. The van der Waals surface area contributed by atoms with Gasteiger partial charge in [-0.05, 0) is 13.0 Å². The van der Waals surface area contributed by atoms with Crippen LogP contribution in [0.1, 0.15) is 6.92 Å². The van der Waals surface area contributed by atoms with Crippen LogP contribution in [0, 0.1) is 0 Å². The summed E-state index contributed by atoms with van der Waals surface area (Å²) in [6.45, 7) is 4.85.